The Kier molecular flexibility index (Phi) is 5.78. The van der Waals surface area contributed by atoms with Crippen molar-refractivity contribution in [2.45, 2.75) is 19.2 Å². The predicted octanol–water partition coefficient (Wildman–Crippen LogP) is 1.38. The van der Waals surface area contributed by atoms with E-state index in [0.29, 0.717) is 32.8 Å². The quantitative estimate of drug-likeness (QED) is 0.793. The van der Waals surface area contributed by atoms with Crippen LogP contribution in [0.3, 0.4) is 0 Å². The van der Waals surface area contributed by atoms with Gasteiger partial charge in [-0.25, -0.2) is 4.39 Å². The highest BCUT2D eigenvalue weighted by molar-refractivity contribution is 5.78. The van der Waals surface area contributed by atoms with Gasteiger partial charge in [-0.3, -0.25) is 14.4 Å². The maximum atomic E-state index is 13.0. The van der Waals surface area contributed by atoms with Crippen molar-refractivity contribution >= 4 is 5.91 Å². The van der Waals surface area contributed by atoms with Crippen molar-refractivity contribution in [1.29, 1.82) is 0 Å². The Bertz CT molecular complexity index is 675. The van der Waals surface area contributed by atoms with Crippen LogP contribution in [0.15, 0.2) is 42.7 Å². The van der Waals surface area contributed by atoms with Crippen LogP contribution < -0.4 is 0 Å². The Morgan fingerprint density at radius 3 is 2.92 bits per heavy atom. The van der Waals surface area contributed by atoms with Crippen LogP contribution in [0, 0.1) is 5.82 Å². The number of ether oxygens (including phenoxy) is 1. The summed E-state index contributed by atoms with van der Waals surface area (Å²) in [5.74, 6) is -0.224. The summed E-state index contributed by atoms with van der Waals surface area (Å²) in [6.45, 7) is 3.57. The highest BCUT2D eigenvalue weighted by Crippen LogP contribution is 2.09. The number of aromatic nitrogens is 2. The van der Waals surface area contributed by atoms with Gasteiger partial charge in [-0.1, -0.05) is 12.1 Å². The highest BCUT2D eigenvalue weighted by atomic mass is 19.1. The number of morpholine rings is 1. The lowest BCUT2D eigenvalue weighted by molar-refractivity contribution is -0.133. The molecule has 1 saturated heterocycles. The molecule has 1 fully saturated rings. The van der Waals surface area contributed by atoms with Crippen molar-refractivity contribution in [2.75, 3.05) is 33.3 Å². The Morgan fingerprint density at radius 1 is 1.40 bits per heavy atom. The Labute approximate surface area is 146 Å². The van der Waals surface area contributed by atoms with E-state index in [0.717, 1.165) is 12.1 Å². The minimum absolute atomic E-state index is 0.0313. The molecular formula is C18H23FN4O2. The van der Waals surface area contributed by atoms with E-state index in [4.69, 9.17) is 4.74 Å². The van der Waals surface area contributed by atoms with Crippen LogP contribution in [-0.2, 0) is 22.6 Å². The molecule has 1 aromatic carbocycles. The van der Waals surface area contributed by atoms with E-state index in [1.807, 2.05) is 16.9 Å². The van der Waals surface area contributed by atoms with Gasteiger partial charge in [-0.05, 0) is 23.8 Å². The van der Waals surface area contributed by atoms with Gasteiger partial charge in [0.1, 0.15) is 5.82 Å². The average molecular weight is 346 g/mol. The summed E-state index contributed by atoms with van der Waals surface area (Å²) in [6.07, 6.45) is 3.68. The first-order valence-corrected chi connectivity index (χ1v) is 8.40. The van der Waals surface area contributed by atoms with Gasteiger partial charge in [0.15, 0.2) is 0 Å². The SMILES string of the molecule is CN(Cc1ccc(F)cc1)C(=O)CN1CCO[C@@H](Cn2cccn2)C1. The van der Waals surface area contributed by atoms with E-state index in [1.165, 1.54) is 12.1 Å². The third-order valence-corrected chi connectivity index (χ3v) is 4.29. The topological polar surface area (TPSA) is 50.6 Å². The van der Waals surface area contributed by atoms with Crippen molar-refractivity contribution in [1.82, 2.24) is 19.6 Å². The molecule has 0 spiro atoms. The normalized spacial score (nSPS) is 18.2. The standard InChI is InChI=1S/C18H23FN4O2/c1-21(11-15-3-5-16(19)6-4-15)18(24)14-22-9-10-25-17(12-22)13-23-8-2-7-20-23/h2-8,17H,9-14H2,1H3/t17-/m1/s1. The molecule has 0 radical (unpaired) electrons. The fraction of sp³-hybridized carbons (Fsp3) is 0.444. The number of nitrogens with zero attached hydrogens (tertiary/aromatic N) is 4. The van der Waals surface area contributed by atoms with Crippen LogP contribution in [0.4, 0.5) is 4.39 Å². The van der Waals surface area contributed by atoms with E-state index in [-0.39, 0.29) is 17.8 Å². The summed E-state index contributed by atoms with van der Waals surface area (Å²) < 4.78 is 20.6. The van der Waals surface area contributed by atoms with E-state index in [1.54, 1.807) is 30.3 Å². The molecule has 3 rings (SSSR count). The molecule has 7 heteroatoms. The number of carbonyl (C=O) groups is 1. The molecule has 2 aromatic rings. The molecule has 1 atom stereocenters. The minimum atomic E-state index is -0.269. The van der Waals surface area contributed by atoms with Gasteiger partial charge in [0, 0.05) is 39.1 Å². The highest BCUT2D eigenvalue weighted by Gasteiger charge is 2.23. The van der Waals surface area contributed by atoms with Crippen LogP contribution >= 0.6 is 0 Å². The summed E-state index contributed by atoms with van der Waals surface area (Å²) in [5.41, 5.74) is 0.913. The second kappa shape index (κ2) is 8.22. The van der Waals surface area contributed by atoms with E-state index in [9.17, 15) is 9.18 Å². The number of benzene rings is 1. The summed E-state index contributed by atoms with van der Waals surface area (Å²) in [4.78, 5) is 16.2. The molecule has 6 nitrogen and oxygen atoms in total. The molecule has 0 bridgehead atoms. The zero-order valence-corrected chi connectivity index (χ0v) is 14.3. The van der Waals surface area contributed by atoms with Crippen LogP contribution in [0.5, 0.6) is 0 Å². The number of rotatable bonds is 6. The minimum Gasteiger partial charge on any atom is -0.374 e. The van der Waals surface area contributed by atoms with Gasteiger partial charge in [-0.15, -0.1) is 0 Å². The zero-order valence-electron chi connectivity index (χ0n) is 14.3. The maximum Gasteiger partial charge on any atom is 0.236 e. The van der Waals surface area contributed by atoms with Crippen LogP contribution in [0.2, 0.25) is 0 Å². The fourth-order valence-corrected chi connectivity index (χ4v) is 2.92. The summed E-state index contributed by atoms with van der Waals surface area (Å²) >= 11 is 0. The molecule has 1 amide bonds. The van der Waals surface area contributed by atoms with Crippen molar-refractivity contribution in [3.8, 4) is 0 Å². The molecule has 0 saturated carbocycles. The summed E-state index contributed by atoms with van der Waals surface area (Å²) in [5, 5.41) is 4.19. The smallest absolute Gasteiger partial charge is 0.236 e. The van der Waals surface area contributed by atoms with Gasteiger partial charge >= 0.3 is 0 Å². The average Bonchev–Trinajstić information content (AvgIpc) is 3.10. The maximum absolute atomic E-state index is 13.0. The van der Waals surface area contributed by atoms with Crippen molar-refractivity contribution < 1.29 is 13.9 Å². The number of hydrogen-bond acceptors (Lipinski definition) is 4. The van der Waals surface area contributed by atoms with Crippen LogP contribution in [-0.4, -0.2) is 64.9 Å². The molecule has 0 aliphatic carbocycles. The first-order chi connectivity index (χ1) is 12.1. The Hall–Kier alpha value is -2.25. The lowest BCUT2D eigenvalue weighted by atomic mass is 10.2. The number of likely N-dealkylation sites (N-methyl/N-ethyl adjacent to an activating group) is 1. The monoisotopic (exact) mass is 346 g/mol. The van der Waals surface area contributed by atoms with Crippen molar-refractivity contribution in [2.24, 2.45) is 0 Å². The van der Waals surface area contributed by atoms with E-state index < -0.39 is 0 Å². The number of amides is 1. The van der Waals surface area contributed by atoms with Gasteiger partial charge in [0.2, 0.25) is 5.91 Å². The molecule has 25 heavy (non-hydrogen) atoms. The van der Waals surface area contributed by atoms with E-state index in [2.05, 4.69) is 10.00 Å². The number of halogens is 1. The first-order valence-electron chi connectivity index (χ1n) is 8.40. The lowest BCUT2D eigenvalue weighted by Gasteiger charge is -2.33. The molecule has 2 heterocycles. The van der Waals surface area contributed by atoms with Crippen molar-refractivity contribution in [3.05, 3.63) is 54.1 Å². The van der Waals surface area contributed by atoms with Crippen LogP contribution in [0.1, 0.15) is 5.56 Å². The molecule has 1 aliphatic heterocycles. The molecular weight excluding hydrogens is 323 g/mol. The summed E-state index contributed by atoms with van der Waals surface area (Å²) in [7, 11) is 1.77. The molecule has 1 aromatic heterocycles. The summed E-state index contributed by atoms with van der Waals surface area (Å²) in [6, 6.07) is 8.11. The second-order valence-electron chi connectivity index (χ2n) is 6.33. The third-order valence-electron chi connectivity index (χ3n) is 4.29. The van der Waals surface area contributed by atoms with Gasteiger partial charge in [0.05, 0.1) is 25.8 Å². The lowest BCUT2D eigenvalue weighted by Crippen LogP contribution is -2.48. The van der Waals surface area contributed by atoms with Crippen LogP contribution in [0.25, 0.3) is 0 Å². The molecule has 0 N–H and O–H groups in total. The third kappa shape index (κ3) is 5.11. The number of hydrogen-bond donors (Lipinski definition) is 0. The molecule has 134 valence electrons. The van der Waals surface area contributed by atoms with Gasteiger partial charge < -0.3 is 9.64 Å². The molecule has 1 aliphatic rings. The fourth-order valence-electron chi connectivity index (χ4n) is 2.92. The largest absolute Gasteiger partial charge is 0.374 e. The predicted molar refractivity (Wildman–Crippen MR) is 91.3 cm³/mol. The van der Waals surface area contributed by atoms with E-state index >= 15 is 0 Å². The Morgan fingerprint density at radius 2 is 2.20 bits per heavy atom. The number of carbonyl (C=O) groups excluding carboxylic acids is 1. The van der Waals surface area contributed by atoms with Gasteiger partial charge in [-0.2, -0.15) is 5.10 Å². The van der Waals surface area contributed by atoms with Gasteiger partial charge in [0.25, 0.3) is 0 Å². The Balaban J connectivity index is 1.48. The first kappa shape index (κ1) is 17.6. The second-order valence-corrected chi connectivity index (χ2v) is 6.33. The van der Waals surface area contributed by atoms with Crippen molar-refractivity contribution in [3.63, 3.8) is 0 Å². The zero-order chi connectivity index (χ0) is 17.6. The molecule has 0 unspecified atom stereocenters.